The van der Waals surface area contributed by atoms with Gasteiger partial charge in [0, 0.05) is 31.6 Å². The van der Waals surface area contributed by atoms with Crippen LogP contribution in [0.3, 0.4) is 0 Å². The van der Waals surface area contributed by atoms with E-state index in [0.29, 0.717) is 30.9 Å². The molecule has 1 aliphatic heterocycles. The molecule has 1 aromatic carbocycles. The second kappa shape index (κ2) is 7.57. The number of likely N-dealkylation sites (N-methyl/N-ethyl adjacent to an activating group) is 1. The summed E-state index contributed by atoms with van der Waals surface area (Å²) in [5, 5.41) is 11.3. The lowest BCUT2D eigenvalue weighted by molar-refractivity contribution is -0.117. The van der Waals surface area contributed by atoms with Crippen LogP contribution in [0.1, 0.15) is 12.2 Å². The summed E-state index contributed by atoms with van der Waals surface area (Å²) >= 11 is 0. The van der Waals surface area contributed by atoms with E-state index in [1.54, 1.807) is 24.3 Å². The van der Waals surface area contributed by atoms with Crippen molar-refractivity contribution in [2.24, 2.45) is 0 Å². The Hall–Kier alpha value is -2.54. The number of aryl methyl sites for hydroxylation is 1. The second-order valence-electron chi connectivity index (χ2n) is 6.44. The van der Waals surface area contributed by atoms with E-state index in [1.165, 1.54) is 6.07 Å². The Bertz CT molecular complexity index is 784. The molecule has 25 heavy (non-hydrogen) atoms. The standard InChI is InChI=1S/C18H22FN5O/c1-23(2)11-5-8-17(25)20-13-9-10-16-21-22-18(24(16)12-13)14-6-3-4-7-15(14)19/h3-8,13H,9-12H2,1-2H3,(H,20,25)/b8-5+. The number of benzene rings is 1. The van der Waals surface area contributed by atoms with Crippen molar-refractivity contribution in [2.75, 3.05) is 20.6 Å². The SMILES string of the molecule is CN(C)C/C=C/C(=O)NC1CCc2nnc(-c3ccccc3F)n2C1. The quantitative estimate of drug-likeness (QED) is 0.838. The molecule has 1 aromatic heterocycles. The van der Waals surface area contributed by atoms with Crippen LogP contribution in [0.4, 0.5) is 4.39 Å². The molecular formula is C18H22FN5O. The molecule has 2 aromatic rings. The summed E-state index contributed by atoms with van der Waals surface area (Å²) in [5.74, 6) is 0.897. The first-order valence-corrected chi connectivity index (χ1v) is 8.33. The van der Waals surface area contributed by atoms with Gasteiger partial charge in [0.2, 0.25) is 5.91 Å². The molecule has 1 unspecified atom stereocenters. The summed E-state index contributed by atoms with van der Waals surface area (Å²) in [6.45, 7) is 1.25. The minimum atomic E-state index is -0.324. The first-order chi connectivity index (χ1) is 12.0. The first-order valence-electron chi connectivity index (χ1n) is 8.33. The van der Waals surface area contributed by atoms with Crippen LogP contribution in [0.15, 0.2) is 36.4 Å². The molecule has 3 rings (SSSR count). The number of aromatic nitrogens is 3. The third kappa shape index (κ3) is 4.11. The van der Waals surface area contributed by atoms with E-state index in [4.69, 9.17) is 0 Å². The molecule has 132 valence electrons. The van der Waals surface area contributed by atoms with E-state index in [9.17, 15) is 9.18 Å². The monoisotopic (exact) mass is 343 g/mol. The summed E-state index contributed by atoms with van der Waals surface area (Å²) < 4.78 is 16.0. The smallest absolute Gasteiger partial charge is 0.243 e. The Balaban J connectivity index is 1.71. The molecular weight excluding hydrogens is 321 g/mol. The Labute approximate surface area is 146 Å². The minimum Gasteiger partial charge on any atom is -0.348 e. The van der Waals surface area contributed by atoms with Gasteiger partial charge in [-0.15, -0.1) is 10.2 Å². The molecule has 1 amide bonds. The summed E-state index contributed by atoms with van der Waals surface area (Å²) in [6, 6.07) is 6.51. The summed E-state index contributed by atoms with van der Waals surface area (Å²) in [4.78, 5) is 14.0. The first kappa shape index (κ1) is 17.3. The number of amides is 1. The highest BCUT2D eigenvalue weighted by Gasteiger charge is 2.25. The van der Waals surface area contributed by atoms with Gasteiger partial charge in [-0.3, -0.25) is 4.79 Å². The van der Waals surface area contributed by atoms with Gasteiger partial charge in [0.1, 0.15) is 11.6 Å². The molecule has 7 heteroatoms. The molecule has 0 radical (unpaired) electrons. The lowest BCUT2D eigenvalue weighted by Gasteiger charge is -2.25. The summed E-state index contributed by atoms with van der Waals surface area (Å²) in [5.41, 5.74) is 0.430. The average Bonchev–Trinajstić information content (AvgIpc) is 2.98. The summed E-state index contributed by atoms with van der Waals surface area (Å²) in [6.07, 6.45) is 4.88. The van der Waals surface area contributed by atoms with Crippen molar-refractivity contribution < 1.29 is 9.18 Å². The van der Waals surface area contributed by atoms with E-state index in [2.05, 4.69) is 15.5 Å². The maximum atomic E-state index is 14.1. The molecule has 0 spiro atoms. The number of nitrogens with one attached hydrogen (secondary N) is 1. The van der Waals surface area contributed by atoms with Crippen molar-refractivity contribution in [3.8, 4) is 11.4 Å². The lowest BCUT2D eigenvalue weighted by Crippen LogP contribution is -2.40. The van der Waals surface area contributed by atoms with E-state index < -0.39 is 0 Å². The fraction of sp³-hybridized carbons (Fsp3) is 0.389. The van der Waals surface area contributed by atoms with Gasteiger partial charge in [0.15, 0.2) is 5.82 Å². The number of carbonyl (C=O) groups excluding carboxylic acids is 1. The number of rotatable bonds is 5. The van der Waals surface area contributed by atoms with Crippen LogP contribution in [0.25, 0.3) is 11.4 Å². The van der Waals surface area contributed by atoms with Gasteiger partial charge in [0.05, 0.1) is 5.56 Å². The van der Waals surface area contributed by atoms with Crippen LogP contribution < -0.4 is 5.32 Å². The molecule has 2 heterocycles. The van der Waals surface area contributed by atoms with Crippen LogP contribution in [0.2, 0.25) is 0 Å². The topological polar surface area (TPSA) is 63.1 Å². The Morgan fingerprint density at radius 3 is 2.96 bits per heavy atom. The minimum absolute atomic E-state index is 0.0227. The summed E-state index contributed by atoms with van der Waals surface area (Å²) in [7, 11) is 3.89. The Morgan fingerprint density at radius 2 is 2.20 bits per heavy atom. The van der Waals surface area contributed by atoms with Gasteiger partial charge in [-0.25, -0.2) is 4.39 Å². The van der Waals surface area contributed by atoms with Gasteiger partial charge in [0.25, 0.3) is 0 Å². The van der Waals surface area contributed by atoms with Gasteiger partial charge < -0.3 is 14.8 Å². The lowest BCUT2D eigenvalue weighted by atomic mass is 10.1. The molecule has 0 aliphatic carbocycles. The largest absolute Gasteiger partial charge is 0.348 e. The number of hydrogen-bond acceptors (Lipinski definition) is 4. The molecule has 0 fully saturated rings. The maximum Gasteiger partial charge on any atom is 0.243 e. The van der Waals surface area contributed by atoms with Crippen molar-refractivity contribution in [3.05, 3.63) is 48.1 Å². The van der Waals surface area contributed by atoms with E-state index in [1.807, 2.05) is 29.6 Å². The Morgan fingerprint density at radius 1 is 1.40 bits per heavy atom. The van der Waals surface area contributed by atoms with Crippen molar-refractivity contribution in [1.82, 2.24) is 25.0 Å². The predicted molar refractivity (Wildman–Crippen MR) is 93.4 cm³/mol. The van der Waals surface area contributed by atoms with Crippen LogP contribution in [-0.2, 0) is 17.8 Å². The molecule has 1 aliphatic rings. The maximum absolute atomic E-state index is 14.1. The molecule has 0 bridgehead atoms. The van der Waals surface area contributed by atoms with Crippen LogP contribution in [0, 0.1) is 5.82 Å². The fourth-order valence-corrected chi connectivity index (χ4v) is 2.91. The molecule has 1 N–H and O–H groups in total. The molecule has 6 nitrogen and oxygen atoms in total. The van der Waals surface area contributed by atoms with Crippen LogP contribution >= 0.6 is 0 Å². The van der Waals surface area contributed by atoms with Gasteiger partial charge in [-0.2, -0.15) is 0 Å². The molecule has 0 saturated carbocycles. The van der Waals surface area contributed by atoms with Crippen molar-refractivity contribution in [2.45, 2.75) is 25.4 Å². The van der Waals surface area contributed by atoms with Gasteiger partial charge in [-0.1, -0.05) is 18.2 Å². The fourth-order valence-electron chi connectivity index (χ4n) is 2.91. The number of hydrogen-bond donors (Lipinski definition) is 1. The predicted octanol–water partition coefficient (Wildman–Crippen LogP) is 1.63. The zero-order valence-corrected chi connectivity index (χ0v) is 14.4. The number of nitrogens with zero attached hydrogens (tertiary/aromatic N) is 4. The second-order valence-corrected chi connectivity index (χ2v) is 6.44. The highest BCUT2D eigenvalue weighted by Crippen LogP contribution is 2.25. The van der Waals surface area contributed by atoms with Crippen LogP contribution in [-0.4, -0.2) is 52.3 Å². The molecule has 1 atom stereocenters. The van der Waals surface area contributed by atoms with Gasteiger partial charge >= 0.3 is 0 Å². The van der Waals surface area contributed by atoms with Crippen molar-refractivity contribution in [3.63, 3.8) is 0 Å². The zero-order chi connectivity index (χ0) is 17.8. The van der Waals surface area contributed by atoms with E-state index in [0.717, 1.165) is 12.2 Å². The normalized spacial score (nSPS) is 17.0. The zero-order valence-electron chi connectivity index (χ0n) is 14.4. The number of fused-ring (bicyclic) bond motifs is 1. The highest BCUT2D eigenvalue weighted by atomic mass is 19.1. The number of carbonyl (C=O) groups is 1. The Kier molecular flexibility index (Phi) is 5.23. The van der Waals surface area contributed by atoms with Crippen LogP contribution in [0.5, 0.6) is 0 Å². The van der Waals surface area contributed by atoms with Gasteiger partial charge in [-0.05, 0) is 32.6 Å². The van der Waals surface area contributed by atoms with Crippen molar-refractivity contribution >= 4 is 5.91 Å². The van der Waals surface area contributed by atoms with Crippen molar-refractivity contribution in [1.29, 1.82) is 0 Å². The van der Waals surface area contributed by atoms with E-state index in [-0.39, 0.29) is 17.8 Å². The number of halogens is 1. The highest BCUT2D eigenvalue weighted by molar-refractivity contribution is 5.87. The van der Waals surface area contributed by atoms with E-state index >= 15 is 0 Å². The molecule has 0 saturated heterocycles. The third-order valence-electron chi connectivity index (χ3n) is 4.15. The third-order valence-corrected chi connectivity index (χ3v) is 4.15. The average molecular weight is 343 g/mol.